The van der Waals surface area contributed by atoms with E-state index in [4.69, 9.17) is 4.74 Å². The standard InChI is InChI=1S/C17H16N4O3S/c1-24-14-4-2-12(3-5-14)17-20-13(10-25-17)8-19-15(22)9-21-11-18-7-6-16(21)23/h2-7,10-11H,8-9H2,1H3,(H,19,22). The number of nitrogens with zero attached hydrogens (tertiary/aromatic N) is 3. The monoisotopic (exact) mass is 356 g/mol. The molecule has 0 fully saturated rings. The Morgan fingerprint density at radius 2 is 2.08 bits per heavy atom. The number of nitrogens with one attached hydrogen (secondary N) is 1. The smallest absolute Gasteiger partial charge is 0.253 e. The van der Waals surface area contributed by atoms with Crippen molar-refractivity contribution in [3.8, 4) is 16.3 Å². The van der Waals surface area contributed by atoms with Crippen LogP contribution in [0.25, 0.3) is 10.6 Å². The third kappa shape index (κ3) is 4.30. The van der Waals surface area contributed by atoms with Crippen molar-refractivity contribution in [2.75, 3.05) is 7.11 Å². The fourth-order valence-corrected chi connectivity index (χ4v) is 2.98. The minimum absolute atomic E-state index is 0.0673. The van der Waals surface area contributed by atoms with E-state index in [1.54, 1.807) is 7.11 Å². The van der Waals surface area contributed by atoms with Gasteiger partial charge in [-0.1, -0.05) is 0 Å². The van der Waals surface area contributed by atoms with Gasteiger partial charge in [-0.15, -0.1) is 11.3 Å². The van der Waals surface area contributed by atoms with Gasteiger partial charge in [-0.2, -0.15) is 0 Å². The molecule has 0 aliphatic carbocycles. The Bertz CT molecular complexity index is 918. The predicted octanol–water partition coefficient (Wildman–Crippen LogP) is 1.69. The average Bonchev–Trinajstić information content (AvgIpc) is 3.11. The molecule has 2 heterocycles. The number of rotatable bonds is 6. The Morgan fingerprint density at radius 3 is 2.80 bits per heavy atom. The number of amides is 1. The molecule has 3 aromatic rings. The first kappa shape index (κ1) is 16.8. The van der Waals surface area contributed by atoms with Crippen LogP contribution in [0.15, 0.2) is 53.0 Å². The molecule has 7 nitrogen and oxygen atoms in total. The van der Waals surface area contributed by atoms with Crippen LogP contribution in [-0.2, 0) is 17.9 Å². The number of hydrogen-bond donors (Lipinski definition) is 1. The lowest BCUT2D eigenvalue weighted by atomic mass is 10.2. The van der Waals surface area contributed by atoms with Crippen LogP contribution in [0.1, 0.15) is 5.69 Å². The zero-order valence-corrected chi connectivity index (χ0v) is 14.3. The number of benzene rings is 1. The van der Waals surface area contributed by atoms with Gasteiger partial charge in [-0.05, 0) is 24.3 Å². The normalized spacial score (nSPS) is 10.4. The Balaban J connectivity index is 1.58. The highest BCUT2D eigenvalue weighted by Gasteiger charge is 2.08. The Morgan fingerprint density at radius 1 is 1.28 bits per heavy atom. The molecule has 0 aliphatic heterocycles. The lowest BCUT2D eigenvalue weighted by Gasteiger charge is -2.05. The van der Waals surface area contributed by atoms with Crippen molar-refractivity contribution in [2.45, 2.75) is 13.1 Å². The van der Waals surface area contributed by atoms with Crippen LogP contribution in [0.2, 0.25) is 0 Å². The van der Waals surface area contributed by atoms with Gasteiger partial charge in [0.25, 0.3) is 5.56 Å². The number of hydrogen-bond acceptors (Lipinski definition) is 6. The third-order valence-electron chi connectivity index (χ3n) is 3.46. The van der Waals surface area contributed by atoms with Crippen molar-refractivity contribution in [3.63, 3.8) is 0 Å². The summed E-state index contributed by atoms with van der Waals surface area (Å²) in [5, 5.41) is 5.53. The average molecular weight is 356 g/mol. The van der Waals surface area contributed by atoms with Crippen LogP contribution in [0.5, 0.6) is 5.75 Å². The summed E-state index contributed by atoms with van der Waals surface area (Å²) in [6.07, 6.45) is 2.74. The molecule has 0 atom stereocenters. The molecule has 3 rings (SSSR count). The van der Waals surface area contributed by atoms with E-state index in [2.05, 4.69) is 15.3 Å². The number of carbonyl (C=O) groups excluding carboxylic acids is 1. The number of thiazole rings is 1. The first-order valence-corrected chi connectivity index (χ1v) is 8.39. The van der Waals surface area contributed by atoms with Crippen LogP contribution in [0.4, 0.5) is 0 Å². The molecule has 0 saturated carbocycles. The van der Waals surface area contributed by atoms with E-state index in [1.165, 1.54) is 34.5 Å². The molecular formula is C17H16N4O3S. The number of aromatic nitrogens is 3. The maximum Gasteiger partial charge on any atom is 0.253 e. The van der Waals surface area contributed by atoms with Crippen LogP contribution >= 0.6 is 11.3 Å². The van der Waals surface area contributed by atoms with Crippen molar-refractivity contribution in [3.05, 3.63) is 64.3 Å². The lowest BCUT2D eigenvalue weighted by molar-refractivity contribution is -0.121. The van der Waals surface area contributed by atoms with Gasteiger partial charge in [-0.25, -0.2) is 9.97 Å². The first-order chi connectivity index (χ1) is 12.2. The molecule has 1 aromatic carbocycles. The minimum Gasteiger partial charge on any atom is -0.497 e. The summed E-state index contributed by atoms with van der Waals surface area (Å²) < 4.78 is 6.39. The summed E-state index contributed by atoms with van der Waals surface area (Å²) in [4.78, 5) is 31.9. The summed E-state index contributed by atoms with van der Waals surface area (Å²) >= 11 is 1.51. The van der Waals surface area contributed by atoms with Gasteiger partial charge in [0, 0.05) is 23.2 Å². The summed E-state index contributed by atoms with van der Waals surface area (Å²) in [6.45, 7) is 0.239. The van der Waals surface area contributed by atoms with Crippen LogP contribution in [0.3, 0.4) is 0 Å². The fraction of sp³-hybridized carbons (Fsp3) is 0.176. The summed E-state index contributed by atoms with van der Waals surface area (Å²) in [5.74, 6) is 0.521. The zero-order chi connectivity index (χ0) is 17.6. The van der Waals surface area contributed by atoms with E-state index in [0.717, 1.165) is 22.0 Å². The molecule has 8 heteroatoms. The molecule has 1 amide bonds. The second-order valence-corrected chi connectivity index (χ2v) is 6.05. The molecule has 1 N–H and O–H groups in total. The van der Waals surface area contributed by atoms with Gasteiger partial charge < -0.3 is 10.1 Å². The molecule has 25 heavy (non-hydrogen) atoms. The molecule has 0 spiro atoms. The molecule has 2 aromatic heterocycles. The Kier molecular flexibility index (Phi) is 5.20. The van der Waals surface area contributed by atoms with Crippen molar-refractivity contribution >= 4 is 17.2 Å². The molecular weight excluding hydrogens is 340 g/mol. The highest BCUT2D eigenvalue weighted by Crippen LogP contribution is 2.25. The van der Waals surface area contributed by atoms with Crippen LogP contribution in [0, 0.1) is 0 Å². The number of methoxy groups -OCH3 is 1. The van der Waals surface area contributed by atoms with Gasteiger partial charge in [0.2, 0.25) is 5.91 Å². The van der Waals surface area contributed by atoms with E-state index in [0.29, 0.717) is 6.54 Å². The molecule has 128 valence electrons. The fourth-order valence-electron chi connectivity index (χ4n) is 2.15. The topological polar surface area (TPSA) is 86.1 Å². The molecule has 0 saturated heterocycles. The van der Waals surface area contributed by atoms with Gasteiger partial charge >= 0.3 is 0 Å². The molecule has 0 unspecified atom stereocenters. The number of carbonyl (C=O) groups is 1. The number of ether oxygens (including phenoxy) is 1. The minimum atomic E-state index is -0.269. The van der Waals surface area contributed by atoms with E-state index in [1.807, 2.05) is 29.6 Å². The lowest BCUT2D eigenvalue weighted by Crippen LogP contribution is -2.31. The van der Waals surface area contributed by atoms with Gasteiger partial charge in [-0.3, -0.25) is 14.2 Å². The highest BCUT2D eigenvalue weighted by molar-refractivity contribution is 7.13. The quantitative estimate of drug-likeness (QED) is 0.726. The summed E-state index contributed by atoms with van der Waals surface area (Å²) in [5.41, 5.74) is 1.49. The van der Waals surface area contributed by atoms with Crippen molar-refractivity contribution in [2.24, 2.45) is 0 Å². The Hall–Kier alpha value is -3.00. The maximum atomic E-state index is 11.9. The van der Waals surface area contributed by atoms with Crippen molar-refractivity contribution in [1.82, 2.24) is 19.9 Å². The van der Waals surface area contributed by atoms with Crippen LogP contribution < -0.4 is 15.6 Å². The maximum absolute atomic E-state index is 11.9. The largest absolute Gasteiger partial charge is 0.497 e. The highest BCUT2D eigenvalue weighted by atomic mass is 32.1. The van der Waals surface area contributed by atoms with E-state index in [9.17, 15) is 9.59 Å². The summed E-state index contributed by atoms with van der Waals surface area (Å²) in [6, 6.07) is 8.95. The zero-order valence-electron chi connectivity index (χ0n) is 13.5. The summed E-state index contributed by atoms with van der Waals surface area (Å²) in [7, 11) is 1.62. The molecule has 0 aliphatic rings. The van der Waals surface area contributed by atoms with E-state index < -0.39 is 0 Å². The Labute approximate surface area is 148 Å². The van der Waals surface area contributed by atoms with E-state index in [-0.39, 0.29) is 18.0 Å². The second-order valence-electron chi connectivity index (χ2n) is 5.20. The van der Waals surface area contributed by atoms with Crippen LogP contribution in [-0.4, -0.2) is 27.6 Å². The van der Waals surface area contributed by atoms with Gasteiger partial charge in [0.15, 0.2) is 0 Å². The third-order valence-corrected chi connectivity index (χ3v) is 4.40. The predicted molar refractivity (Wildman–Crippen MR) is 94.4 cm³/mol. The first-order valence-electron chi connectivity index (χ1n) is 7.51. The van der Waals surface area contributed by atoms with Gasteiger partial charge in [0.05, 0.1) is 25.7 Å². The van der Waals surface area contributed by atoms with Crippen molar-refractivity contribution < 1.29 is 9.53 Å². The van der Waals surface area contributed by atoms with E-state index >= 15 is 0 Å². The van der Waals surface area contributed by atoms with Gasteiger partial charge in [0.1, 0.15) is 17.3 Å². The van der Waals surface area contributed by atoms with Crippen molar-refractivity contribution in [1.29, 1.82) is 0 Å². The SMILES string of the molecule is COc1ccc(-c2nc(CNC(=O)Cn3cnccc3=O)cs2)cc1. The molecule has 0 bridgehead atoms. The second kappa shape index (κ2) is 7.71. The molecule has 0 radical (unpaired) electrons.